The molecule has 0 amide bonds. The highest BCUT2D eigenvalue weighted by Crippen LogP contribution is 2.34. The van der Waals surface area contributed by atoms with Gasteiger partial charge >= 0.3 is 5.69 Å². The minimum atomic E-state index is -0.407. The van der Waals surface area contributed by atoms with E-state index in [0.29, 0.717) is 5.75 Å². The van der Waals surface area contributed by atoms with Crippen molar-refractivity contribution in [2.24, 2.45) is 0 Å². The molecule has 0 heterocycles. The van der Waals surface area contributed by atoms with Crippen LogP contribution >= 0.6 is 12.0 Å². The van der Waals surface area contributed by atoms with Crippen LogP contribution in [0.2, 0.25) is 0 Å². The van der Waals surface area contributed by atoms with Gasteiger partial charge in [-0.25, -0.2) is 0 Å². The Kier molecular flexibility index (Phi) is 4.61. The van der Waals surface area contributed by atoms with Gasteiger partial charge in [0.25, 0.3) is 0 Å². The van der Waals surface area contributed by atoms with Gasteiger partial charge in [0.05, 0.1) is 17.0 Å². The third-order valence-corrected chi connectivity index (χ3v) is 2.63. The molecule has 1 aromatic rings. The Morgan fingerprint density at radius 2 is 2.19 bits per heavy atom. The standard InChI is InChI=1S/C11H15NO3S/c1-4-9-6-5-7-10(12(13)14)11(9)15-16-8(2)3/h5-8H,4H2,1-3H3. The lowest BCUT2D eigenvalue weighted by atomic mass is 10.1. The van der Waals surface area contributed by atoms with E-state index >= 15 is 0 Å². The summed E-state index contributed by atoms with van der Waals surface area (Å²) in [4.78, 5) is 10.4. The van der Waals surface area contributed by atoms with Crippen molar-refractivity contribution in [2.45, 2.75) is 32.4 Å². The van der Waals surface area contributed by atoms with Crippen LogP contribution in [0.5, 0.6) is 5.75 Å². The largest absolute Gasteiger partial charge is 0.418 e. The molecule has 0 aliphatic carbocycles. The van der Waals surface area contributed by atoms with Crippen molar-refractivity contribution in [1.29, 1.82) is 0 Å². The summed E-state index contributed by atoms with van der Waals surface area (Å²) < 4.78 is 5.46. The molecule has 1 rings (SSSR count). The van der Waals surface area contributed by atoms with Crippen LogP contribution in [0.4, 0.5) is 5.69 Å². The first-order chi connectivity index (χ1) is 7.56. The summed E-state index contributed by atoms with van der Waals surface area (Å²) in [5, 5.41) is 11.1. The highest BCUT2D eigenvalue weighted by atomic mass is 32.2. The fourth-order valence-electron chi connectivity index (χ4n) is 1.23. The summed E-state index contributed by atoms with van der Waals surface area (Å²) in [5.74, 6) is 0.383. The summed E-state index contributed by atoms with van der Waals surface area (Å²) in [6, 6.07) is 5.00. The molecule has 0 saturated carbocycles. The quantitative estimate of drug-likeness (QED) is 0.449. The zero-order chi connectivity index (χ0) is 12.1. The van der Waals surface area contributed by atoms with Crippen LogP contribution in [-0.4, -0.2) is 10.2 Å². The molecule has 16 heavy (non-hydrogen) atoms. The SMILES string of the molecule is CCc1cccc([N+](=O)[O-])c1OSC(C)C. The van der Waals surface area contributed by atoms with E-state index in [1.54, 1.807) is 6.07 Å². The van der Waals surface area contributed by atoms with E-state index < -0.39 is 4.92 Å². The van der Waals surface area contributed by atoms with E-state index in [4.69, 9.17) is 4.18 Å². The molecule has 0 spiro atoms. The fourth-order valence-corrected chi connectivity index (χ4v) is 1.72. The molecule has 88 valence electrons. The van der Waals surface area contributed by atoms with Crippen molar-refractivity contribution < 1.29 is 9.11 Å². The number of hydrogen-bond donors (Lipinski definition) is 0. The van der Waals surface area contributed by atoms with Crippen LogP contribution in [0.15, 0.2) is 18.2 Å². The smallest absolute Gasteiger partial charge is 0.312 e. The molecule has 0 radical (unpaired) electrons. The van der Waals surface area contributed by atoms with Gasteiger partial charge in [0.15, 0.2) is 0 Å². The molecule has 0 aromatic heterocycles. The maximum Gasteiger partial charge on any atom is 0.312 e. The molecule has 0 aliphatic heterocycles. The van der Waals surface area contributed by atoms with Gasteiger partial charge in [0.1, 0.15) is 0 Å². The maximum absolute atomic E-state index is 10.9. The lowest BCUT2D eigenvalue weighted by Gasteiger charge is -2.10. The highest BCUT2D eigenvalue weighted by molar-refractivity contribution is 7.95. The predicted octanol–water partition coefficient (Wildman–Crippen LogP) is 3.59. The topological polar surface area (TPSA) is 52.4 Å². The summed E-state index contributed by atoms with van der Waals surface area (Å²) in [5.41, 5.74) is 0.898. The van der Waals surface area contributed by atoms with Gasteiger partial charge in [0, 0.05) is 16.9 Å². The summed E-state index contributed by atoms with van der Waals surface area (Å²) in [6.07, 6.45) is 0.718. The molecule has 0 atom stereocenters. The minimum Gasteiger partial charge on any atom is -0.418 e. The molecule has 5 heteroatoms. The van der Waals surface area contributed by atoms with E-state index in [-0.39, 0.29) is 10.9 Å². The van der Waals surface area contributed by atoms with Gasteiger partial charge in [-0.3, -0.25) is 10.1 Å². The van der Waals surface area contributed by atoms with Crippen LogP contribution in [0.1, 0.15) is 26.3 Å². The molecule has 0 fully saturated rings. The van der Waals surface area contributed by atoms with Gasteiger partial charge in [-0.05, 0) is 6.42 Å². The third kappa shape index (κ3) is 3.13. The Hall–Kier alpha value is -1.23. The second-order valence-corrected chi connectivity index (χ2v) is 4.91. The molecule has 0 bridgehead atoms. The number of aryl methyl sites for hydroxylation is 1. The van der Waals surface area contributed by atoms with E-state index in [9.17, 15) is 10.1 Å². The van der Waals surface area contributed by atoms with E-state index in [2.05, 4.69) is 0 Å². The van der Waals surface area contributed by atoms with Crippen LogP contribution < -0.4 is 4.18 Å². The normalized spacial score (nSPS) is 10.5. The fraction of sp³-hybridized carbons (Fsp3) is 0.455. The van der Waals surface area contributed by atoms with Gasteiger partial charge in [-0.2, -0.15) is 0 Å². The molecule has 1 aromatic carbocycles. The van der Waals surface area contributed by atoms with Crippen molar-refractivity contribution in [1.82, 2.24) is 0 Å². The number of nitrogens with zero attached hydrogens (tertiary/aromatic N) is 1. The number of hydrogen-bond acceptors (Lipinski definition) is 4. The van der Waals surface area contributed by atoms with Crippen LogP contribution in [0.25, 0.3) is 0 Å². The maximum atomic E-state index is 10.9. The monoisotopic (exact) mass is 241 g/mol. The Bertz CT molecular complexity index is 379. The predicted molar refractivity (Wildman–Crippen MR) is 65.8 cm³/mol. The molecular formula is C11H15NO3S. The van der Waals surface area contributed by atoms with E-state index in [1.165, 1.54) is 18.1 Å². The summed E-state index contributed by atoms with van der Waals surface area (Å²) in [6.45, 7) is 5.90. The second kappa shape index (κ2) is 5.75. The van der Waals surface area contributed by atoms with Crippen molar-refractivity contribution in [3.05, 3.63) is 33.9 Å². The Morgan fingerprint density at radius 3 is 2.69 bits per heavy atom. The molecule has 0 N–H and O–H groups in total. The number of rotatable bonds is 5. The first-order valence-electron chi connectivity index (χ1n) is 5.15. The van der Waals surface area contributed by atoms with Crippen molar-refractivity contribution in [3.8, 4) is 5.75 Å². The molecule has 4 nitrogen and oxygen atoms in total. The lowest BCUT2D eigenvalue weighted by Crippen LogP contribution is -1.99. The average Bonchev–Trinajstić information content (AvgIpc) is 2.25. The van der Waals surface area contributed by atoms with Crippen LogP contribution in [0.3, 0.4) is 0 Å². The average molecular weight is 241 g/mol. The molecule has 0 saturated heterocycles. The van der Waals surface area contributed by atoms with Crippen molar-refractivity contribution in [3.63, 3.8) is 0 Å². The van der Waals surface area contributed by atoms with E-state index in [0.717, 1.165) is 12.0 Å². The first kappa shape index (κ1) is 12.8. The molecule has 0 unspecified atom stereocenters. The zero-order valence-corrected chi connectivity index (χ0v) is 10.4. The lowest BCUT2D eigenvalue weighted by molar-refractivity contribution is -0.385. The van der Waals surface area contributed by atoms with Crippen molar-refractivity contribution >= 4 is 17.7 Å². The highest BCUT2D eigenvalue weighted by Gasteiger charge is 2.19. The Labute approximate surface area is 99.4 Å². The van der Waals surface area contributed by atoms with Gasteiger partial charge in [0.2, 0.25) is 5.75 Å². The van der Waals surface area contributed by atoms with Crippen LogP contribution in [0, 0.1) is 10.1 Å². The van der Waals surface area contributed by atoms with Gasteiger partial charge in [-0.1, -0.05) is 32.9 Å². The minimum absolute atomic E-state index is 0.0347. The second-order valence-electron chi connectivity index (χ2n) is 3.60. The summed E-state index contributed by atoms with van der Waals surface area (Å²) >= 11 is 1.24. The molecule has 0 aliphatic rings. The van der Waals surface area contributed by atoms with Crippen molar-refractivity contribution in [2.75, 3.05) is 0 Å². The number of nitro benzene ring substituents is 1. The van der Waals surface area contributed by atoms with Gasteiger partial charge < -0.3 is 4.18 Å². The summed E-state index contributed by atoms with van der Waals surface area (Å²) in [7, 11) is 0. The number of nitro groups is 1. The molecular weight excluding hydrogens is 226 g/mol. The van der Waals surface area contributed by atoms with Gasteiger partial charge in [-0.15, -0.1) is 0 Å². The number of benzene rings is 1. The third-order valence-electron chi connectivity index (χ3n) is 1.98. The van der Waals surface area contributed by atoms with E-state index in [1.807, 2.05) is 26.8 Å². The Balaban J connectivity index is 3.04. The Morgan fingerprint density at radius 1 is 1.50 bits per heavy atom. The number of para-hydroxylation sites is 1. The zero-order valence-electron chi connectivity index (χ0n) is 9.60. The van der Waals surface area contributed by atoms with Crippen LogP contribution in [-0.2, 0) is 6.42 Å². The first-order valence-corrected chi connectivity index (χ1v) is 5.96.